The minimum absolute atomic E-state index is 0.0646. The highest BCUT2D eigenvalue weighted by atomic mass is 16.3. The summed E-state index contributed by atoms with van der Waals surface area (Å²) >= 11 is 0. The van der Waals surface area contributed by atoms with Crippen molar-refractivity contribution in [3.8, 4) is 0 Å². The zero-order valence-electron chi connectivity index (χ0n) is 27.8. The summed E-state index contributed by atoms with van der Waals surface area (Å²) in [5, 5.41) is 22.9. The van der Waals surface area contributed by atoms with Crippen LogP contribution in [0.25, 0.3) is 0 Å². The Morgan fingerprint density at radius 1 is 0.561 bits per heavy atom. The lowest BCUT2D eigenvalue weighted by molar-refractivity contribution is -0.123. The van der Waals surface area contributed by atoms with Gasteiger partial charge in [0.15, 0.2) is 0 Å². The van der Waals surface area contributed by atoms with Gasteiger partial charge in [-0.3, -0.25) is 4.79 Å². The van der Waals surface area contributed by atoms with Gasteiger partial charge in [-0.1, -0.05) is 187 Å². The topological polar surface area (TPSA) is 69.6 Å². The van der Waals surface area contributed by atoms with Crippen LogP contribution in [0.4, 0.5) is 0 Å². The van der Waals surface area contributed by atoms with Crippen molar-refractivity contribution in [2.45, 2.75) is 212 Å². The number of allylic oxidation sites excluding steroid dienone is 1. The number of rotatable bonds is 33. The quantitative estimate of drug-likeness (QED) is 0.0535. The van der Waals surface area contributed by atoms with Gasteiger partial charge in [0.25, 0.3) is 0 Å². The molecule has 0 aliphatic rings. The third-order valence-electron chi connectivity index (χ3n) is 8.52. The van der Waals surface area contributed by atoms with Gasteiger partial charge < -0.3 is 15.5 Å². The van der Waals surface area contributed by atoms with E-state index in [9.17, 15) is 15.0 Å². The molecule has 0 fully saturated rings. The number of nitrogens with one attached hydrogen (secondary N) is 1. The molecule has 3 N–H and O–H groups in total. The van der Waals surface area contributed by atoms with E-state index in [4.69, 9.17) is 0 Å². The standard InChI is InChI=1S/C37H73NO3/c1-3-5-7-9-11-13-15-16-17-18-19-20-21-23-24-26-28-30-32-36(40)35(34-39)38-37(41)33-31-29-27-25-22-14-12-10-8-6-4-2/h30,32,35-36,39-40H,3-29,31,33-34H2,1-2H3,(H,38,41)/b32-30+. The highest BCUT2D eigenvalue weighted by Gasteiger charge is 2.17. The van der Waals surface area contributed by atoms with Crippen LogP contribution in [0, 0.1) is 0 Å². The summed E-state index contributed by atoms with van der Waals surface area (Å²) < 4.78 is 0. The molecule has 0 rings (SSSR count). The van der Waals surface area contributed by atoms with Gasteiger partial charge in [-0.2, -0.15) is 0 Å². The summed E-state index contributed by atoms with van der Waals surface area (Å²) in [5.41, 5.74) is 0. The van der Waals surface area contributed by atoms with Gasteiger partial charge in [0.05, 0.1) is 18.8 Å². The monoisotopic (exact) mass is 580 g/mol. The number of unbranched alkanes of at least 4 members (excludes halogenated alkanes) is 26. The van der Waals surface area contributed by atoms with E-state index in [-0.39, 0.29) is 12.5 Å². The highest BCUT2D eigenvalue weighted by molar-refractivity contribution is 5.76. The molecule has 2 atom stereocenters. The maximum absolute atomic E-state index is 12.3. The van der Waals surface area contributed by atoms with E-state index in [0.29, 0.717) is 6.42 Å². The fourth-order valence-corrected chi connectivity index (χ4v) is 5.65. The van der Waals surface area contributed by atoms with Crippen LogP contribution >= 0.6 is 0 Å². The first-order valence-corrected chi connectivity index (χ1v) is 18.4. The maximum atomic E-state index is 12.3. The Morgan fingerprint density at radius 3 is 1.27 bits per heavy atom. The van der Waals surface area contributed by atoms with Crippen LogP contribution in [0.15, 0.2) is 12.2 Å². The molecule has 0 aromatic carbocycles. The molecule has 0 radical (unpaired) electrons. The van der Waals surface area contributed by atoms with Crippen LogP contribution in [-0.4, -0.2) is 34.9 Å². The summed E-state index contributed by atoms with van der Waals surface area (Å²) in [6.45, 7) is 4.30. The normalized spacial score (nSPS) is 13.2. The zero-order chi connectivity index (χ0) is 30.1. The van der Waals surface area contributed by atoms with Crippen LogP contribution in [0.2, 0.25) is 0 Å². The smallest absolute Gasteiger partial charge is 0.220 e. The molecule has 4 heteroatoms. The van der Waals surface area contributed by atoms with Crippen molar-refractivity contribution in [2.24, 2.45) is 0 Å². The minimum Gasteiger partial charge on any atom is -0.394 e. The fourth-order valence-electron chi connectivity index (χ4n) is 5.65. The fraction of sp³-hybridized carbons (Fsp3) is 0.919. The van der Waals surface area contributed by atoms with Gasteiger partial charge in [0.2, 0.25) is 5.91 Å². The highest BCUT2D eigenvalue weighted by Crippen LogP contribution is 2.15. The second-order valence-corrected chi connectivity index (χ2v) is 12.7. The average Bonchev–Trinajstić information content (AvgIpc) is 2.97. The molecule has 4 nitrogen and oxygen atoms in total. The average molecular weight is 580 g/mol. The first-order chi connectivity index (χ1) is 20.2. The van der Waals surface area contributed by atoms with E-state index in [2.05, 4.69) is 19.2 Å². The summed E-state index contributed by atoms with van der Waals surface area (Å²) in [4.78, 5) is 12.3. The molecule has 0 aliphatic carbocycles. The van der Waals surface area contributed by atoms with Gasteiger partial charge in [-0.25, -0.2) is 0 Å². The van der Waals surface area contributed by atoms with Crippen molar-refractivity contribution in [3.05, 3.63) is 12.2 Å². The van der Waals surface area contributed by atoms with Gasteiger partial charge >= 0.3 is 0 Å². The number of carbonyl (C=O) groups is 1. The van der Waals surface area contributed by atoms with E-state index in [1.54, 1.807) is 6.08 Å². The van der Waals surface area contributed by atoms with Crippen LogP contribution < -0.4 is 5.32 Å². The molecular weight excluding hydrogens is 506 g/mol. The van der Waals surface area contributed by atoms with Gasteiger partial charge in [0, 0.05) is 6.42 Å². The lowest BCUT2D eigenvalue weighted by atomic mass is 10.0. The Kier molecular flexibility index (Phi) is 32.9. The van der Waals surface area contributed by atoms with Crippen LogP contribution in [-0.2, 0) is 4.79 Å². The number of hydrogen-bond donors (Lipinski definition) is 3. The summed E-state index contributed by atoms with van der Waals surface area (Å²) in [5.74, 6) is -0.0646. The Balaban J connectivity index is 3.58. The van der Waals surface area contributed by atoms with E-state index in [0.717, 1.165) is 25.7 Å². The molecule has 0 aromatic rings. The first kappa shape index (κ1) is 40.1. The van der Waals surface area contributed by atoms with Crippen molar-refractivity contribution in [1.29, 1.82) is 0 Å². The van der Waals surface area contributed by atoms with Crippen LogP contribution in [0.1, 0.15) is 200 Å². The lowest BCUT2D eigenvalue weighted by Crippen LogP contribution is -2.45. The third kappa shape index (κ3) is 30.4. The molecule has 0 bridgehead atoms. The molecule has 2 unspecified atom stereocenters. The van der Waals surface area contributed by atoms with Crippen molar-refractivity contribution in [3.63, 3.8) is 0 Å². The zero-order valence-corrected chi connectivity index (χ0v) is 27.8. The SMILES string of the molecule is CCCCCCCCCCCCCCCCCC/C=C/C(O)C(CO)NC(=O)CCCCCCCCCCCCC. The molecule has 0 aromatic heterocycles. The van der Waals surface area contributed by atoms with E-state index < -0.39 is 12.1 Å². The summed E-state index contributed by atoms with van der Waals surface area (Å²) in [6, 6.07) is -0.614. The molecule has 1 amide bonds. The second kappa shape index (κ2) is 33.6. The van der Waals surface area contributed by atoms with E-state index >= 15 is 0 Å². The van der Waals surface area contributed by atoms with E-state index in [1.807, 2.05) is 6.08 Å². The number of aliphatic hydroxyl groups excluding tert-OH is 2. The van der Waals surface area contributed by atoms with E-state index in [1.165, 1.54) is 154 Å². The lowest BCUT2D eigenvalue weighted by Gasteiger charge is -2.20. The second-order valence-electron chi connectivity index (χ2n) is 12.7. The molecule has 41 heavy (non-hydrogen) atoms. The van der Waals surface area contributed by atoms with Crippen molar-refractivity contribution in [2.75, 3.05) is 6.61 Å². The molecule has 244 valence electrons. The van der Waals surface area contributed by atoms with Crippen molar-refractivity contribution >= 4 is 5.91 Å². The molecule has 0 saturated heterocycles. The third-order valence-corrected chi connectivity index (χ3v) is 8.52. The molecule has 0 heterocycles. The number of carbonyl (C=O) groups excluding carboxylic acids is 1. The predicted octanol–water partition coefficient (Wildman–Crippen LogP) is 10.7. The van der Waals surface area contributed by atoms with Gasteiger partial charge in [-0.05, 0) is 19.3 Å². The van der Waals surface area contributed by atoms with Crippen LogP contribution in [0.5, 0.6) is 0 Å². The number of hydrogen-bond acceptors (Lipinski definition) is 3. The maximum Gasteiger partial charge on any atom is 0.220 e. The Bertz CT molecular complexity index is 550. The summed E-state index contributed by atoms with van der Waals surface area (Å²) in [6.07, 6.45) is 40.1. The largest absolute Gasteiger partial charge is 0.394 e. The van der Waals surface area contributed by atoms with Crippen LogP contribution in [0.3, 0.4) is 0 Å². The van der Waals surface area contributed by atoms with Crippen molar-refractivity contribution in [1.82, 2.24) is 5.32 Å². The van der Waals surface area contributed by atoms with Gasteiger partial charge in [-0.15, -0.1) is 0 Å². The molecule has 0 aliphatic heterocycles. The molecule has 0 spiro atoms. The Hall–Kier alpha value is -0.870. The number of aliphatic hydroxyl groups is 2. The Labute approximate surface area is 256 Å². The summed E-state index contributed by atoms with van der Waals surface area (Å²) in [7, 11) is 0. The van der Waals surface area contributed by atoms with Crippen molar-refractivity contribution < 1.29 is 15.0 Å². The minimum atomic E-state index is -0.831. The number of amides is 1. The first-order valence-electron chi connectivity index (χ1n) is 18.4. The Morgan fingerprint density at radius 2 is 0.902 bits per heavy atom. The predicted molar refractivity (Wildman–Crippen MR) is 179 cm³/mol. The van der Waals surface area contributed by atoms with Gasteiger partial charge in [0.1, 0.15) is 0 Å². The molecular formula is C37H73NO3. The molecule has 0 saturated carbocycles.